The molecule has 0 unspecified atom stereocenters. The maximum Gasteiger partial charge on any atom is 0.231 e. The van der Waals surface area contributed by atoms with Crippen LogP contribution in [0.4, 0.5) is 0 Å². The molecular weight excluding hydrogens is 234 g/mol. The third kappa shape index (κ3) is 2.69. The van der Waals surface area contributed by atoms with Crippen molar-refractivity contribution >= 4 is 11.8 Å². The lowest BCUT2D eigenvalue weighted by atomic mass is 10.2. The molecule has 0 radical (unpaired) electrons. The number of nitrogens with one attached hydrogen (secondary N) is 1. The maximum atomic E-state index is 5.39. The molecule has 1 aromatic rings. The molecule has 1 saturated heterocycles. The van der Waals surface area contributed by atoms with Crippen molar-refractivity contribution in [3.63, 3.8) is 0 Å². The van der Waals surface area contributed by atoms with E-state index < -0.39 is 0 Å². The summed E-state index contributed by atoms with van der Waals surface area (Å²) in [5.41, 5.74) is 1.33. The summed E-state index contributed by atoms with van der Waals surface area (Å²) in [5, 5.41) is 4.20. The van der Waals surface area contributed by atoms with Gasteiger partial charge in [-0.3, -0.25) is 0 Å². The van der Waals surface area contributed by atoms with Crippen molar-refractivity contribution in [3.05, 3.63) is 23.8 Å². The SMILES string of the molecule is c1cc2c(cc1CSC1CCNCC1)OCO2. The Morgan fingerprint density at radius 1 is 1.18 bits per heavy atom. The summed E-state index contributed by atoms with van der Waals surface area (Å²) in [5.74, 6) is 2.84. The lowest BCUT2D eigenvalue weighted by Gasteiger charge is -2.22. The molecule has 0 spiro atoms. The monoisotopic (exact) mass is 251 g/mol. The number of benzene rings is 1. The van der Waals surface area contributed by atoms with Gasteiger partial charge in [0.05, 0.1) is 0 Å². The topological polar surface area (TPSA) is 30.5 Å². The fourth-order valence-electron chi connectivity index (χ4n) is 2.21. The highest BCUT2D eigenvalue weighted by Gasteiger charge is 2.15. The first-order valence-electron chi connectivity index (χ1n) is 6.13. The van der Waals surface area contributed by atoms with E-state index in [2.05, 4.69) is 29.2 Å². The van der Waals surface area contributed by atoms with Crippen molar-refractivity contribution in [1.82, 2.24) is 5.32 Å². The Balaban J connectivity index is 1.57. The van der Waals surface area contributed by atoms with Crippen LogP contribution in [-0.4, -0.2) is 25.1 Å². The summed E-state index contributed by atoms with van der Waals surface area (Å²) >= 11 is 2.06. The summed E-state index contributed by atoms with van der Waals surface area (Å²) in [6, 6.07) is 6.26. The van der Waals surface area contributed by atoms with Gasteiger partial charge >= 0.3 is 0 Å². The van der Waals surface area contributed by atoms with Gasteiger partial charge in [-0.2, -0.15) is 11.8 Å². The molecule has 0 aliphatic carbocycles. The Hall–Kier alpha value is -0.870. The predicted molar refractivity (Wildman–Crippen MR) is 69.8 cm³/mol. The molecule has 4 heteroatoms. The van der Waals surface area contributed by atoms with Crippen LogP contribution in [0.3, 0.4) is 0 Å². The van der Waals surface area contributed by atoms with Crippen LogP contribution in [-0.2, 0) is 5.75 Å². The van der Waals surface area contributed by atoms with Crippen molar-refractivity contribution in [2.24, 2.45) is 0 Å². The van der Waals surface area contributed by atoms with E-state index in [0.717, 1.165) is 22.5 Å². The van der Waals surface area contributed by atoms with Crippen LogP contribution in [0.5, 0.6) is 11.5 Å². The predicted octanol–water partition coefficient (Wildman–Crippen LogP) is 2.40. The lowest BCUT2D eigenvalue weighted by molar-refractivity contribution is 0.174. The first-order chi connectivity index (χ1) is 8.42. The molecule has 1 aromatic carbocycles. The number of fused-ring (bicyclic) bond motifs is 1. The van der Waals surface area contributed by atoms with Gasteiger partial charge in [0.1, 0.15) is 0 Å². The minimum Gasteiger partial charge on any atom is -0.454 e. The van der Waals surface area contributed by atoms with Gasteiger partial charge < -0.3 is 14.8 Å². The largest absolute Gasteiger partial charge is 0.454 e. The smallest absolute Gasteiger partial charge is 0.231 e. The molecule has 0 atom stereocenters. The minimum absolute atomic E-state index is 0.361. The van der Waals surface area contributed by atoms with Crippen molar-refractivity contribution in [2.45, 2.75) is 23.8 Å². The summed E-state index contributed by atoms with van der Waals surface area (Å²) in [4.78, 5) is 0. The van der Waals surface area contributed by atoms with Crippen LogP contribution in [0.2, 0.25) is 0 Å². The number of thioether (sulfide) groups is 1. The number of ether oxygens (including phenoxy) is 2. The normalized spacial score (nSPS) is 19.5. The van der Waals surface area contributed by atoms with Gasteiger partial charge in [-0.05, 0) is 43.6 Å². The highest BCUT2D eigenvalue weighted by atomic mass is 32.2. The molecule has 2 heterocycles. The van der Waals surface area contributed by atoms with E-state index in [1.54, 1.807) is 0 Å². The number of rotatable bonds is 3. The van der Waals surface area contributed by atoms with Crippen LogP contribution >= 0.6 is 11.8 Å². The number of hydrogen-bond donors (Lipinski definition) is 1. The maximum absolute atomic E-state index is 5.39. The fraction of sp³-hybridized carbons (Fsp3) is 0.538. The van der Waals surface area contributed by atoms with Gasteiger partial charge in [0.15, 0.2) is 11.5 Å². The van der Waals surface area contributed by atoms with Gasteiger partial charge in [0.2, 0.25) is 6.79 Å². The molecule has 2 aliphatic rings. The molecule has 1 fully saturated rings. The van der Waals surface area contributed by atoms with E-state index in [4.69, 9.17) is 9.47 Å². The summed E-state index contributed by atoms with van der Waals surface area (Å²) in [6.45, 7) is 2.69. The number of piperidine rings is 1. The van der Waals surface area contributed by atoms with E-state index in [-0.39, 0.29) is 0 Å². The third-order valence-electron chi connectivity index (χ3n) is 3.21. The number of hydrogen-bond acceptors (Lipinski definition) is 4. The highest BCUT2D eigenvalue weighted by molar-refractivity contribution is 7.99. The zero-order valence-corrected chi connectivity index (χ0v) is 10.6. The molecule has 0 saturated carbocycles. The van der Waals surface area contributed by atoms with Crippen LogP contribution in [0, 0.1) is 0 Å². The Kier molecular flexibility index (Phi) is 3.43. The summed E-state index contributed by atoms with van der Waals surface area (Å²) in [6.07, 6.45) is 2.57. The summed E-state index contributed by atoms with van der Waals surface area (Å²) < 4.78 is 10.7. The molecule has 3 rings (SSSR count). The molecule has 0 bridgehead atoms. The highest BCUT2D eigenvalue weighted by Crippen LogP contribution is 2.34. The molecule has 0 amide bonds. The Morgan fingerprint density at radius 2 is 2.00 bits per heavy atom. The molecule has 2 aliphatic heterocycles. The first-order valence-corrected chi connectivity index (χ1v) is 7.17. The van der Waals surface area contributed by atoms with Crippen molar-refractivity contribution in [1.29, 1.82) is 0 Å². The second-order valence-corrected chi connectivity index (χ2v) is 5.74. The molecular formula is C13H17NO2S. The van der Waals surface area contributed by atoms with E-state index in [1.807, 2.05) is 6.07 Å². The first kappa shape index (κ1) is 11.2. The molecule has 3 nitrogen and oxygen atoms in total. The van der Waals surface area contributed by atoms with Gasteiger partial charge in [0.25, 0.3) is 0 Å². The third-order valence-corrected chi connectivity index (χ3v) is 4.65. The Bertz CT molecular complexity index is 391. The van der Waals surface area contributed by atoms with Crippen LogP contribution in [0.1, 0.15) is 18.4 Å². The van der Waals surface area contributed by atoms with Crippen LogP contribution in [0.15, 0.2) is 18.2 Å². The molecule has 92 valence electrons. The quantitative estimate of drug-likeness (QED) is 0.893. The zero-order chi connectivity index (χ0) is 11.5. The average Bonchev–Trinajstić information content (AvgIpc) is 2.85. The van der Waals surface area contributed by atoms with Crippen molar-refractivity contribution in [2.75, 3.05) is 19.9 Å². The Morgan fingerprint density at radius 3 is 2.88 bits per heavy atom. The van der Waals surface area contributed by atoms with Crippen LogP contribution < -0.4 is 14.8 Å². The molecule has 0 aromatic heterocycles. The van der Waals surface area contributed by atoms with Crippen molar-refractivity contribution in [3.8, 4) is 11.5 Å². The lowest BCUT2D eigenvalue weighted by Crippen LogP contribution is -2.29. The second-order valence-electron chi connectivity index (χ2n) is 4.45. The summed E-state index contributed by atoms with van der Waals surface area (Å²) in [7, 11) is 0. The molecule has 1 N–H and O–H groups in total. The van der Waals surface area contributed by atoms with E-state index >= 15 is 0 Å². The van der Waals surface area contributed by atoms with Crippen LogP contribution in [0.25, 0.3) is 0 Å². The van der Waals surface area contributed by atoms with Crippen molar-refractivity contribution < 1.29 is 9.47 Å². The van der Waals surface area contributed by atoms with E-state index in [9.17, 15) is 0 Å². The minimum atomic E-state index is 0.361. The zero-order valence-electron chi connectivity index (χ0n) is 9.78. The van der Waals surface area contributed by atoms with Gasteiger partial charge in [-0.1, -0.05) is 6.07 Å². The average molecular weight is 251 g/mol. The Labute approximate surface area is 106 Å². The van der Waals surface area contributed by atoms with Gasteiger partial charge in [-0.25, -0.2) is 0 Å². The van der Waals surface area contributed by atoms with Gasteiger partial charge in [-0.15, -0.1) is 0 Å². The molecule has 17 heavy (non-hydrogen) atoms. The fourth-order valence-corrected chi connectivity index (χ4v) is 3.38. The van der Waals surface area contributed by atoms with E-state index in [0.29, 0.717) is 6.79 Å². The second kappa shape index (κ2) is 5.19. The standard InChI is InChI=1S/C13H17NO2S/c1-2-12-13(16-9-15-12)7-10(1)8-17-11-3-5-14-6-4-11/h1-2,7,11,14H,3-6,8-9H2. The van der Waals surface area contributed by atoms with Gasteiger partial charge in [0, 0.05) is 11.0 Å². The van der Waals surface area contributed by atoms with E-state index in [1.165, 1.54) is 31.5 Å².